The summed E-state index contributed by atoms with van der Waals surface area (Å²) in [6.07, 6.45) is 2.06. The minimum absolute atomic E-state index is 0.0779. The van der Waals surface area contributed by atoms with Crippen LogP contribution in [0, 0.1) is 5.92 Å². The van der Waals surface area contributed by atoms with Gasteiger partial charge in [0.25, 0.3) is 5.91 Å². The van der Waals surface area contributed by atoms with Crippen molar-refractivity contribution in [2.75, 3.05) is 24.6 Å². The van der Waals surface area contributed by atoms with Crippen LogP contribution in [-0.4, -0.2) is 37.5 Å². The first-order chi connectivity index (χ1) is 11.2. The van der Waals surface area contributed by atoms with Crippen LogP contribution in [0.4, 0.5) is 5.69 Å². The van der Waals surface area contributed by atoms with E-state index in [9.17, 15) is 4.79 Å². The standard InChI is InChI=1S/C17H22N4O2/c1-3-12-6-15-14(5-13(12)4-11-7-18-8-11)21-10(2)17(22)20-19-16(21)9-23-15/h5-6,10-11,18H,3-4,7-9H2,1-2H3,(H,20,22). The summed E-state index contributed by atoms with van der Waals surface area (Å²) in [7, 11) is 0. The molecule has 1 aromatic rings. The van der Waals surface area contributed by atoms with Crippen molar-refractivity contribution < 1.29 is 9.53 Å². The van der Waals surface area contributed by atoms with Gasteiger partial charge in [0.15, 0.2) is 5.84 Å². The monoisotopic (exact) mass is 314 g/mol. The van der Waals surface area contributed by atoms with Crippen LogP contribution in [0.3, 0.4) is 0 Å². The highest BCUT2D eigenvalue weighted by Gasteiger charge is 2.35. The third kappa shape index (κ3) is 2.37. The molecule has 1 aromatic carbocycles. The first kappa shape index (κ1) is 14.5. The molecule has 2 N–H and O–H groups in total. The Labute approximate surface area is 135 Å². The van der Waals surface area contributed by atoms with Crippen molar-refractivity contribution in [3.63, 3.8) is 0 Å². The number of fused-ring (bicyclic) bond motifs is 3. The third-order valence-electron chi connectivity index (χ3n) is 4.99. The van der Waals surface area contributed by atoms with Gasteiger partial charge < -0.3 is 15.0 Å². The van der Waals surface area contributed by atoms with E-state index in [4.69, 9.17) is 4.74 Å². The summed E-state index contributed by atoms with van der Waals surface area (Å²) in [5.74, 6) is 2.26. The molecule has 1 unspecified atom stereocenters. The van der Waals surface area contributed by atoms with E-state index in [-0.39, 0.29) is 11.9 Å². The molecule has 6 heteroatoms. The number of aryl methyl sites for hydroxylation is 1. The Kier molecular flexibility index (Phi) is 3.49. The van der Waals surface area contributed by atoms with E-state index in [0.29, 0.717) is 12.5 Å². The highest BCUT2D eigenvalue weighted by atomic mass is 16.5. The van der Waals surface area contributed by atoms with Crippen molar-refractivity contribution in [1.29, 1.82) is 0 Å². The molecule has 1 saturated heterocycles. The smallest absolute Gasteiger partial charge is 0.262 e. The molecule has 0 saturated carbocycles. The molecule has 0 bridgehead atoms. The molecule has 0 spiro atoms. The van der Waals surface area contributed by atoms with E-state index >= 15 is 0 Å². The first-order valence-corrected chi connectivity index (χ1v) is 8.32. The molecule has 6 nitrogen and oxygen atoms in total. The Bertz CT molecular complexity index is 681. The zero-order valence-electron chi connectivity index (χ0n) is 13.6. The maximum Gasteiger partial charge on any atom is 0.262 e. The van der Waals surface area contributed by atoms with Crippen molar-refractivity contribution in [2.45, 2.75) is 32.7 Å². The molecule has 0 aliphatic carbocycles. The number of benzene rings is 1. The van der Waals surface area contributed by atoms with Gasteiger partial charge in [0, 0.05) is 0 Å². The SMILES string of the molecule is CCc1cc2c(cc1CC1CNC1)N1C(=NNC(=O)C1C)CO2. The van der Waals surface area contributed by atoms with E-state index < -0.39 is 0 Å². The molecule has 0 radical (unpaired) electrons. The van der Waals surface area contributed by atoms with E-state index in [1.165, 1.54) is 11.1 Å². The quantitative estimate of drug-likeness (QED) is 0.875. The second-order valence-corrected chi connectivity index (χ2v) is 6.51. The number of carbonyl (C=O) groups is 1. The summed E-state index contributed by atoms with van der Waals surface area (Å²) in [4.78, 5) is 14.0. The molecular weight excluding hydrogens is 292 g/mol. The fourth-order valence-corrected chi connectivity index (χ4v) is 3.48. The second kappa shape index (κ2) is 5.53. The van der Waals surface area contributed by atoms with Crippen molar-refractivity contribution in [3.05, 3.63) is 23.3 Å². The highest BCUT2D eigenvalue weighted by molar-refractivity contribution is 6.09. The van der Waals surface area contributed by atoms with Gasteiger partial charge >= 0.3 is 0 Å². The Morgan fingerprint density at radius 2 is 2.17 bits per heavy atom. The van der Waals surface area contributed by atoms with Crippen molar-refractivity contribution >= 4 is 17.4 Å². The van der Waals surface area contributed by atoms with Crippen LogP contribution in [0.2, 0.25) is 0 Å². The van der Waals surface area contributed by atoms with Crippen LogP contribution >= 0.6 is 0 Å². The van der Waals surface area contributed by atoms with E-state index in [0.717, 1.165) is 43.2 Å². The summed E-state index contributed by atoms with van der Waals surface area (Å²) in [6.45, 7) is 6.66. The number of hydrazone groups is 1. The molecule has 122 valence electrons. The number of carbonyl (C=O) groups excluding carboxylic acids is 1. The van der Waals surface area contributed by atoms with Gasteiger partial charge in [-0.15, -0.1) is 0 Å². The second-order valence-electron chi connectivity index (χ2n) is 6.51. The minimum Gasteiger partial charge on any atom is -0.483 e. The lowest BCUT2D eigenvalue weighted by atomic mass is 9.90. The molecule has 1 fully saturated rings. The Morgan fingerprint density at radius 3 is 2.87 bits per heavy atom. The Balaban J connectivity index is 1.76. The number of amides is 1. The van der Waals surface area contributed by atoms with Gasteiger partial charge in [0.2, 0.25) is 0 Å². The first-order valence-electron chi connectivity index (χ1n) is 8.32. The summed E-state index contributed by atoms with van der Waals surface area (Å²) in [5, 5.41) is 7.48. The van der Waals surface area contributed by atoms with Crippen molar-refractivity contribution in [2.24, 2.45) is 11.0 Å². The molecule has 1 atom stereocenters. The van der Waals surface area contributed by atoms with Gasteiger partial charge in [-0.1, -0.05) is 6.92 Å². The normalized spacial score (nSPS) is 23.2. The molecular formula is C17H22N4O2. The summed E-state index contributed by atoms with van der Waals surface area (Å²) in [5.41, 5.74) is 6.24. The lowest BCUT2D eigenvalue weighted by molar-refractivity contribution is -0.122. The number of amidine groups is 1. The average molecular weight is 314 g/mol. The Hall–Kier alpha value is -2.08. The van der Waals surface area contributed by atoms with Gasteiger partial charge in [0.1, 0.15) is 18.4 Å². The van der Waals surface area contributed by atoms with E-state index in [2.05, 4.69) is 34.9 Å². The molecule has 3 heterocycles. The van der Waals surface area contributed by atoms with Crippen LogP contribution in [0.5, 0.6) is 5.75 Å². The van der Waals surface area contributed by atoms with E-state index in [1.54, 1.807) is 0 Å². The maximum atomic E-state index is 12.0. The highest BCUT2D eigenvalue weighted by Crippen LogP contribution is 2.38. The van der Waals surface area contributed by atoms with Crippen LogP contribution in [-0.2, 0) is 17.6 Å². The molecule has 0 aromatic heterocycles. The number of hydrogen-bond acceptors (Lipinski definition) is 5. The van der Waals surface area contributed by atoms with Gasteiger partial charge in [-0.05, 0) is 62.0 Å². The molecule has 4 rings (SSSR count). The van der Waals surface area contributed by atoms with Gasteiger partial charge in [-0.3, -0.25) is 4.79 Å². The molecule has 3 aliphatic heterocycles. The van der Waals surface area contributed by atoms with Crippen LogP contribution in [0.15, 0.2) is 17.2 Å². The number of anilines is 1. The van der Waals surface area contributed by atoms with Gasteiger partial charge in [0.05, 0.1) is 5.69 Å². The van der Waals surface area contributed by atoms with Crippen LogP contribution in [0.25, 0.3) is 0 Å². The molecule has 23 heavy (non-hydrogen) atoms. The molecule has 3 aliphatic rings. The zero-order valence-corrected chi connectivity index (χ0v) is 13.6. The average Bonchev–Trinajstić information content (AvgIpc) is 2.53. The predicted octanol–water partition coefficient (Wildman–Crippen LogP) is 1.04. The zero-order chi connectivity index (χ0) is 16.0. The maximum absolute atomic E-state index is 12.0. The Morgan fingerprint density at radius 1 is 1.35 bits per heavy atom. The number of nitrogens with zero attached hydrogens (tertiary/aromatic N) is 2. The number of hydrogen-bond donors (Lipinski definition) is 2. The minimum atomic E-state index is -0.268. The van der Waals surface area contributed by atoms with Crippen molar-refractivity contribution in [1.82, 2.24) is 10.7 Å². The van der Waals surface area contributed by atoms with Crippen molar-refractivity contribution in [3.8, 4) is 5.75 Å². The fraction of sp³-hybridized carbons (Fsp3) is 0.529. The summed E-state index contributed by atoms with van der Waals surface area (Å²) >= 11 is 0. The third-order valence-corrected chi connectivity index (χ3v) is 4.99. The number of rotatable bonds is 3. The van der Waals surface area contributed by atoms with Gasteiger partial charge in [-0.25, -0.2) is 5.43 Å². The lowest BCUT2D eigenvalue weighted by Gasteiger charge is -2.39. The topological polar surface area (TPSA) is 66.0 Å². The summed E-state index contributed by atoms with van der Waals surface area (Å²) in [6, 6.07) is 4.08. The largest absolute Gasteiger partial charge is 0.483 e. The van der Waals surface area contributed by atoms with E-state index in [1.807, 2.05) is 11.8 Å². The summed E-state index contributed by atoms with van der Waals surface area (Å²) < 4.78 is 5.88. The van der Waals surface area contributed by atoms with Gasteiger partial charge in [-0.2, -0.15) is 5.10 Å². The number of nitrogens with one attached hydrogen (secondary N) is 2. The fourth-order valence-electron chi connectivity index (χ4n) is 3.48. The van der Waals surface area contributed by atoms with Crippen LogP contribution < -0.4 is 20.4 Å². The lowest BCUT2D eigenvalue weighted by Crippen LogP contribution is -2.55. The molecule has 1 amide bonds. The van der Waals surface area contributed by atoms with Crippen LogP contribution in [0.1, 0.15) is 25.0 Å². The predicted molar refractivity (Wildman–Crippen MR) is 88.9 cm³/mol. The number of ether oxygens (including phenoxy) is 1.